The number of anilines is 3. The van der Waals surface area contributed by atoms with Crippen LogP contribution in [-0.4, -0.2) is 17.1 Å². The van der Waals surface area contributed by atoms with Crippen LogP contribution in [0.5, 0.6) is 0 Å². The minimum atomic E-state index is -0.151. The first-order valence-electron chi connectivity index (χ1n) is 7.59. The molecule has 0 unspecified atom stereocenters. The van der Waals surface area contributed by atoms with Gasteiger partial charge in [0.05, 0.1) is 23.3 Å². The molecule has 1 amide bonds. The lowest BCUT2D eigenvalue weighted by molar-refractivity contribution is -0.115. The molecule has 5 nitrogen and oxygen atoms in total. The van der Waals surface area contributed by atoms with E-state index in [4.69, 9.17) is 23.2 Å². The van der Waals surface area contributed by atoms with Crippen LogP contribution in [0.15, 0.2) is 59.0 Å². The SMILES string of the molecule is CC(=O)N(c1cccc(Cl)c1)c1nc(/C=N\Nc2cccc(Cl)c2)cs1. The number of nitrogens with zero attached hydrogens (tertiary/aromatic N) is 3. The van der Waals surface area contributed by atoms with E-state index in [0.717, 1.165) is 5.69 Å². The molecule has 2 aromatic carbocycles. The highest BCUT2D eigenvalue weighted by Gasteiger charge is 2.17. The van der Waals surface area contributed by atoms with Crippen LogP contribution in [0.1, 0.15) is 12.6 Å². The smallest absolute Gasteiger partial charge is 0.230 e. The number of carbonyl (C=O) groups excluding carboxylic acids is 1. The van der Waals surface area contributed by atoms with Crippen molar-refractivity contribution in [3.8, 4) is 0 Å². The molecule has 0 aliphatic carbocycles. The zero-order valence-electron chi connectivity index (χ0n) is 13.7. The third-order valence-corrected chi connectivity index (χ3v) is 4.61. The molecule has 1 heterocycles. The topological polar surface area (TPSA) is 57.6 Å². The Kier molecular flexibility index (Phi) is 5.88. The van der Waals surface area contributed by atoms with E-state index < -0.39 is 0 Å². The van der Waals surface area contributed by atoms with Crippen molar-refractivity contribution >= 4 is 63.2 Å². The number of benzene rings is 2. The van der Waals surface area contributed by atoms with E-state index in [0.29, 0.717) is 26.6 Å². The van der Waals surface area contributed by atoms with Crippen molar-refractivity contribution in [1.82, 2.24) is 4.98 Å². The maximum absolute atomic E-state index is 12.1. The van der Waals surface area contributed by atoms with Crippen LogP contribution in [0.2, 0.25) is 10.0 Å². The summed E-state index contributed by atoms with van der Waals surface area (Å²) in [5, 5.41) is 7.69. The van der Waals surface area contributed by atoms with Crippen molar-refractivity contribution in [2.75, 3.05) is 10.3 Å². The third kappa shape index (κ3) is 4.60. The van der Waals surface area contributed by atoms with Crippen molar-refractivity contribution in [2.24, 2.45) is 5.10 Å². The molecule has 0 radical (unpaired) electrons. The molecule has 3 rings (SSSR count). The summed E-state index contributed by atoms with van der Waals surface area (Å²) in [4.78, 5) is 18.1. The summed E-state index contributed by atoms with van der Waals surface area (Å²) < 4.78 is 0. The Morgan fingerprint density at radius 2 is 1.92 bits per heavy atom. The van der Waals surface area contributed by atoms with Crippen LogP contribution in [0.4, 0.5) is 16.5 Å². The molecule has 0 fully saturated rings. The van der Waals surface area contributed by atoms with Crippen molar-refractivity contribution in [2.45, 2.75) is 6.92 Å². The summed E-state index contributed by atoms with van der Waals surface area (Å²) in [6.45, 7) is 1.48. The van der Waals surface area contributed by atoms with Gasteiger partial charge >= 0.3 is 0 Å². The zero-order chi connectivity index (χ0) is 18.5. The summed E-state index contributed by atoms with van der Waals surface area (Å²) in [7, 11) is 0. The maximum Gasteiger partial charge on any atom is 0.230 e. The molecule has 1 N–H and O–H groups in total. The Hall–Kier alpha value is -2.41. The summed E-state index contributed by atoms with van der Waals surface area (Å²) >= 11 is 13.3. The van der Waals surface area contributed by atoms with E-state index in [1.165, 1.54) is 23.2 Å². The molecular weight excluding hydrogens is 391 g/mol. The Balaban J connectivity index is 1.77. The van der Waals surface area contributed by atoms with E-state index in [1.807, 2.05) is 23.6 Å². The van der Waals surface area contributed by atoms with Gasteiger partial charge in [-0.1, -0.05) is 35.3 Å². The molecule has 26 heavy (non-hydrogen) atoms. The van der Waals surface area contributed by atoms with Gasteiger partial charge in [-0.15, -0.1) is 11.3 Å². The highest BCUT2D eigenvalue weighted by molar-refractivity contribution is 7.14. The normalized spacial score (nSPS) is 10.9. The highest BCUT2D eigenvalue weighted by Crippen LogP contribution is 2.30. The number of amides is 1. The lowest BCUT2D eigenvalue weighted by Gasteiger charge is -2.18. The lowest BCUT2D eigenvalue weighted by atomic mass is 10.3. The van der Waals surface area contributed by atoms with E-state index in [9.17, 15) is 4.79 Å². The fourth-order valence-corrected chi connectivity index (χ4v) is 3.42. The fraction of sp³-hybridized carbons (Fsp3) is 0.0556. The number of carbonyl (C=O) groups is 1. The minimum Gasteiger partial charge on any atom is -0.278 e. The van der Waals surface area contributed by atoms with Crippen LogP contribution in [0.3, 0.4) is 0 Å². The van der Waals surface area contributed by atoms with E-state index in [1.54, 1.807) is 36.5 Å². The molecule has 0 atom stereocenters. The molecule has 0 bridgehead atoms. The Morgan fingerprint density at radius 3 is 2.62 bits per heavy atom. The summed E-state index contributed by atoms with van der Waals surface area (Å²) in [6.07, 6.45) is 1.58. The summed E-state index contributed by atoms with van der Waals surface area (Å²) in [5.74, 6) is -0.151. The number of rotatable bonds is 5. The van der Waals surface area contributed by atoms with E-state index in [2.05, 4.69) is 15.5 Å². The second-order valence-corrected chi connectivity index (χ2v) is 6.98. The molecule has 8 heteroatoms. The molecule has 0 aliphatic heterocycles. The molecule has 0 saturated heterocycles. The fourth-order valence-electron chi connectivity index (χ4n) is 2.21. The monoisotopic (exact) mass is 404 g/mol. The van der Waals surface area contributed by atoms with Gasteiger partial charge in [0, 0.05) is 22.3 Å². The van der Waals surface area contributed by atoms with Gasteiger partial charge in [0.1, 0.15) is 0 Å². The number of hydrogen-bond acceptors (Lipinski definition) is 5. The van der Waals surface area contributed by atoms with Crippen molar-refractivity contribution in [1.29, 1.82) is 0 Å². The Labute approximate surface area is 164 Å². The summed E-state index contributed by atoms with van der Waals surface area (Å²) in [5.41, 5.74) is 4.96. The van der Waals surface area contributed by atoms with Gasteiger partial charge in [-0.2, -0.15) is 5.10 Å². The second kappa shape index (κ2) is 8.31. The molecular formula is C18H14Cl2N4OS. The third-order valence-electron chi connectivity index (χ3n) is 3.30. The number of halogens is 2. The van der Waals surface area contributed by atoms with Crippen LogP contribution in [0, 0.1) is 0 Å². The van der Waals surface area contributed by atoms with Gasteiger partial charge in [-0.25, -0.2) is 4.98 Å². The van der Waals surface area contributed by atoms with Gasteiger partial charge in [-0.05, 0) is 36.4 Å². The molecule has 3 aromatic rings. The van der Waals surface area contributed by atoms with Crippen LogP contribution in [0.25, 0.3) is 0 Å². The maximum atomic E-state index is 12.1. The zero-order valence-corrected chi connectivity index (χ0v) is 16.0. The van der Waals surface area contributed by atoms with Gasteiger partial charge < -0.3 is 0 Å². The standard InChI is InChI=1S/C18H14Cl2N4OS/c1-12(25)24(17-7-3-5-14(20)9-17)18-22-16(11-26-18)10-21-23-15-6-2-4-13(19)8-15/h2-11,23H,1H3/b21-10-. The van der Waals surface area contributed by atoms with E-state index >= 15 is 0 Å². The molecule has 132 valence electrons. The van der Waals surface area contributed by atoms with E-state index in [-0.39, 0.29) is 5.91 Å². The summed E-state index contributed by atoms with van der Waals surface area (Å²) in [6, 6.07) is 14.3. The van der Waals surface area contributed by atoms with Gasteiger partial charge in [-0.3, -0.25) is 15.1 Å². The highest BCUT2D eigenvalue weighted by atomic mass is 35.5. The van der Waals surface area contributed by atoms with Gasteiger partial charge in [0.15, 0.2) is 5.13 Å². The van der Waals surface area contributed by atoms with Gasteiger partial charge in [0.2, 0.25) is 5.91 Å². The predicted molar refractivity (Wildman–Crippen MR) is 109 cm³/mol. The van der Waals surface area contributed by atoms with Crippen LogP contribution < -0.4 is 10.3 Å². The molecule has 0 aliphatic rings. The average Bonchev–Trinajstić information content (AvgIpc) is 3.03. The first kappa shape index (κ1) is 18.4. The van der Waals surface area contributed by atoms with Crippen molar-refractivity contribution in [3.63, 3.8) is 0 Å². The molecule has 0 saturated carbocycles. The minimum absolute atomic E-state index is 0.151. The van der Waals surface area contributed by atoms with Crippen LogP contribution in [-0.2, 0) is 4.79 Å². The molecule has 0 spiro atoms. The number of thiazole rings is 1. The number of nitrogens with one attached hydrogen (secondary N) is 1. The molecule has 1 aromatic heterocycles. The largest absolute Gasteiger partial charge is 0.278 e. The first-order chi connectivity index (χ1) is 12.5. The van der Waals surface area contributed by atoms with Crippen LogP contribution >= 0.6 is 34.5 Å². The average molecular weight is 405 g/mol. The lowest BCUT2D eigenvalue weighted by Crippen LogP contribution is -2.22. The second-order valence-electron chi connectivity index (χ2n) is 5.27. The Morgan fingerprint density at radius 1 is 1.19 bits per heavy atom. The quantitative estimate of drug-likeness (QED) is 0.445. The number of hydrazone groups is 1. The van der Waals surface area contributed by atoms with Crippen molar-refractivity contribution < 1.29 is 4.79 Å². The number of hydrogen-bond donors (Lipinski definition) is 1. The van der Waals surface area contributed by atoms with Crippen molar-refractivity contribution in [3.05, 3.63) is 69.7 Å². The van der Waals surface area contributed by atoms with Gasteiger partial charge in [0.25, 0.3) is 0 Å². The predicted octanol–water partition coefficient (Wildman–Crippen LogP) is 5.58. The Bertz CT molecular complexity index is 958. The first-order valence-corrected chi connectivity index (χ1v) is 9.23. The number of aromatic nitrogens is 1.